The third kappa shape index (κ3) is 3.52. The molecule has 120 valence electrons. The second kappa shape index (κ2) is 6.81. The summed E-state index contributed by atoms with van der Waals surface area (Å²) in [5, 5.41) is 19.0. The van der Waals surface area contributed by atoms with Crippen molar-refractivity contribution in [3.8, 4) is 11.5 Å². The number of carbonyl (C=O) groups excluding carboxylic acids is 1. The zero-order valence-electron chi connectivity index (χ0n) is 12.6. The summed E-state index contributed by atoms with van der Waals surface area (Å²) in [5.74, 6) is 1.19. The molecule has 3 rings (SSSR count). The molecule has 1 fully saturated rings. The SMILES string of the molecule is O=C(c1ccc(Oc2ccccc2)cc1)N1C[C@H](O)C[C@H]1CO. The highest BCUT2D eigenvalue weighted by molar-refractivity contribution is 5.94. The molecule has 0 spiro atoms. The van der Waals surface area contributed by atoms with E-state index in [2.05, 4.69) is 0 Å². The van der Waals surface area contributed by atoms with E-state index in [0.29, 0.717) is 17.7 Å². The number of ether oxygens (including phenoxy) is 1. The van der Waals surface area contributed by atoms with Crippen LogP contribution < -0.4 is 4.74 Å². The van der Waals surface area contributed by atoms with Crippen molar-refractivity contribution in [2.75, 3.05) is 13.2 Å². The zero-order chi connectivity index (χ0) is 16.2. The average Bonchev–Trinajstić information content (AvgIpc) is 2.97. The van der Waals surface area contributed by atoms with Crippen molar-refractivity contribution >= 4 is 5.91 Å². The lowest BCUT2D eigenvalue weighted by Crippen LogP contribution is -2.37. The van der Waals surface area contributed by atoms with Gasteiger partial charge in [0.05, 0.1) is 18.8 Å². The van der Waals surface area contributed by atoms with Crippen LogP contribution >= 0.6 is 0 Å². The summed E-state index contributed by atoms with van der Waals surface area (Å²) in [6, 6.07) is 15.9. The van der Waals surface area contributed by atoms with Crippen LogP contribution in [0.3, 0.4) is 0 Å². The van der Waals surface area contributed by atoms with Gasteiger partial charge < -0.3 is 19.8 Å². The number of aliphatic hydroxyl groups excluding tert-OH is 2. The highest BCUT2D eigenvalue weighted by Gasteiger charge is 2.34. The van der Waals surface area contributed by atoms with Crippen LogP contribution in [0.15, 0.2) is 54.6 Å². The molecular weight excluding hydrogens is 294 g/mol. The molecular formula is C18H19NO4. The first kappa shape index (κ1) is 15.5. The largest absolute Gasteiger partial charge is 0.457 e. The minimum Gasteiger partial charge on any atom is -0.457 e. The fourth-order valence-electron chi connectivity index (χ4n) is 2.77. The monoisotopic (exact) mass is 313 g/mol. The second-order valence-corrected chi connectivity index (χ2v) is 5.62. The summed E-state index contributed by atoms with van der Waals surface area (Å²) >= 11 is 0. The minimum absolute atomic E-state index is 0.141. The predicted molar refractivity (Wildman–Crippen MR) is 85.5 cm³/mol. The number of β-amino-alcohol motifs (C(OH)–C–C–N with tert-alkyl or cyclic N) is 1. The first-order chi connectivity index (χ1) is 11.2. The molecule has 23 heavy (non-hydrogen) atoms. The van der Waals surface area contributed by atoms with Gasteiger partial charge in [0.2, 0.25) is 0 Å². The van der Waals surface area contributed by atoms with E-state index in [-0.39, 0.29) is 25.1 Å². The molecule has 1 aliphatic rings. The molecule has 0 aliphatic carbocycles. The van der Waals surface area contributed by atoms with Crippen LogP contribution in [0.2, 0.25) is 0 Å². The fraction of sp³-hybridized carbons (Fsp3) is 0.278. The van der Waals surface area contributed by atoms with Gasteiger partial charge in [-0.2, -0.15) is 0 Å². The molecule has 2 atom stereocenters. The Morgan fingerprint density at radius 2 is 1.74 bits per heavy atom. The van der Waals surface area contributed by atoms with Gasteiger partial charge in [-0.25, -0.2) is 0 Å². The van der Waals surface area contributed by atoms with Crippen LogP contribution in [0.4, 0.5) is 0 Å². The van der Waals surface area contributed by atoms with Crippen molar-refractivity contribution in [3.63, 3.8) is 0 Å². The quantitative estimate of drug-likeness (QED) is 0.906. The average molecular weight is 313 g/mol. The third-order valence-corrected chi connectivity index (χ3v) is 3.94. The molecule has 0 aromatic heterocycles. The Balaban J connectivity index is 1.70. The summed E-state index contributed by atoms with van der Waals surface area (Å²) in [4.78, 5) is 14.0. The Kier molecular flexibility index (Phi) is 4.60. The predicted octanol–water partition coefficient (Wildman–Crippen LogP) is 2.05. The number of carbonyl (C=O) groups is 1. The molecule has 2 aromatic rings. The number of amides is 1. The van der Waals surface area contributed by atoms with E-state index >= 15 is 0 Å². The Hall–Kier alpha value is -2.37. The normalized spacial score (nSPS) is 20.5. The van der Waals surface area contributed by atoms with E-state index in [1.165, 1.54) is 4.90 Å². The summed E-state index contributed by atoms with van der Waals surface area (Å²) in [6.45, 7) is 0.115. The summed E-state index contributed by atoms with van der Waals surface area (Å²) in [6.07, 6.45) is -0.158. The molecule has 2 N–H and O–H groups in total. The van der Waals surface area contributed by atoms with Gasteiger partial charge in [0.1, 0.15) is 11.5 Å². The smallest absolute Gasteiger partial charge is 0.254 e. The Morgan fingerprint density at radius 3 is 2.39 bits per heavy atom. The van der Waals surface area contributed by atoms with E-state index in [1.807, 2.05) is 30.3 Å². The first-order valence-electron chi connectivity index (χ1n) is 7.60. The lowest BCUT2D eigenvalue weighted by molar-refractivity contribution is 0.0665. The standard InChI is InChI=1S/C18H19NO4/c20-12-14-10-15(21)11-19(14)18(22)13-6-8-17(9-7-13)23-16-4-2-1-3-5-16/h1-9,14-15,20-21H,10-12H2/t14-,15+/m0/s1. The second-order valence-electron chi connectivity index (χ2n) is 5.62. The summed E-state index contributed by atoms with van der Waals surface area (Å²) < 4.78 is 5.69. The van der Waals surface area contributed by atoms with Crippen molar-refractivity contribution in [1.82, 2.24) is 4.90 Å². The number of para-hydroxylation sites is 1. The molecule has 5 heteroatoms. The summed E-state index contributed by atoms with van der Waals surface area (Å²) in [7, 11) is 0. The van der Waals surface area contributed by atoms with Gasteiger partial charge in [-0.1, -0.05) is 18.2 Å². The van der Waals surface area contributed by atoms with Crippen molar-refractivity contribution in [2.45, 2.75) is 18.6 Å². The van der Waals surface area contributed by atoms with Crippen LogP contribution in [0.25, 0.3) is 0 Å². The molecule has 2 aromatic carbocycles. The maximum Gasteiger partial charge on any atom is 0.254 e. The number of aliphatic hydroxyl groups is 2. The van der Waals surface area contributed by atoms with Crippen molar-refractivity contribution in [2.24, 2.45) is 0 Å². The van der Waals surface area contributed by atoms with Crippen LogP contribution in [0.5, 0.6) is 11.5 Å². The number of benzene rings is 2. The van der Waals surface area contributed by atoms with Crippen LogP contribution in [0.1, 0.15) is 16.8 Å². The van der Waals surface area contributed by atoms with Crippen LogP contribution in [-0.4, -0.2) is 46.3 Å². The highest BCUT2D eigenvalue weighted by atomic mass is 16.5. The Labute approximate surface area is 134 Å². The molecule has 1 amide bonds. The molecule has 0 saturated carbocycles. The maximum atomic E-state index is 12.5. The van der Waals surface area contributed by atoms with Crippen LogP contribution in [-0.2, 0) is 0 Å². The van der Waals surface area contributed by atoms with Gasteiger partial charge in [-0.3, -0.25) is 4.79 Å². The van der Waals surface area contributed by atoms with E-state index in [1.54, 1.807) is 24.3 Å². The molecule has 1 aliphatic heterocycles. The summed E-state index contributed by atoms with van der Waals surface area (Å²) in [5.41, 5.74) is 0.512. The molecule has 0 bridgehead atoms. The van der Waals surface area contributed by atoms with Crippen LogP contribution in [0, 0.1) is 0 Å². The number of hydrogen-bond donors (Lipinski definition) is 2. The Morgan fingerprint density at radius 1 is 1.09 bits per heavy atom. The lowest BCUT2D eigenvalue weighted by Gasteiger charge is -2.22. The fourth-order valence-corrected chi connectivity index (χ4v) is 2.77. The molecule has 1 saturated heterocycles. The van der Waals surface area contributed by atoms with Gasteiger partial charge >= 0.3 is 0 Å². The number of hydrogen-bond acceptors (Lipinski definition) is 4. The topological polar surface area (TPSA) is 70.0 Å². The number of likely N-dealkylation sites (tertiary alicyclic amines) is 1. The molecule has 1 heterocycles. The molecule has 0 unspecified atom stereocenters. The van der Waals surface area contributed by atoms with Crippen molar-refractivity contribution in [1.29, 1.82) is 0 Å². The third-order valence-electron chi connectivity index (χ3n) is 3.94. The van der Waals surface area contributed by atoms with E-state index in [9.17, 15) is 15.0 Å². The van der Waals surface area contributed by atoms with Gasteiger partial charge in [-0.05, 0) is 42.8 Å². The maximum absolute atomic E-state index is 12.5. The molecule has 5 nitrogen and oxygen atoms in total. The number of rotatable bonds is 4. The van der Waals surface area contributed by atoms with E-state index in [0.717, 1.165) is 5.75 Å². The van der Waals surface area contributed by atoms with E-state index in [4.69, 9.17) is 4.74 Å². The Bertz CT molecular complexity index is 656. The minimum atomic E-state index is -0.572. The van der Waals surface area contributed by atoms with Gasteiger partial charge in [0.15, 0.2) is 0 Å². The number of nitrogens with zero attached hydrogens (tertiary/aromatic N) is 1. The van der Waals surface area contributed by atoms with Gasteiger partial charge in [0.25, 0.3) is 5.91 Å². The lowest BCUT2D eigenvalue weighted by atomic mass is 10.1. The van der Waals surface area contributed by atoms with Crippen molar-refractivity contribution in [3.05, 3.63) is 60.2 Å². The highest BCUT2D eigenvalue weighted by Crippen LogP contribution is 2.24. The van der Waals surface area contributed by atoms with Gasteiger partial charge in [0, 0.05) is 12.1 Å². The first-order valence-corrected chi connectivity index (χ1v) is 7.60. The van der Waals surface area contributed by atoms with Crippen molar-refractivity contribution < 1.29 is 19.7 Å². The molecule has 0 radical (unpaired) electrons. The zero-order valence-corrected chi connectivity index (χ0v) is 12.6. The van der Waals surface area contributed by atoms with Gasteiger partial charge in [-0.15, -0.1) is 0 Å². The van der Waals surface area contributed by atoms with E-state index < -0.39 is 6.10 Å².